The smallest absolute Gasteiger partial charge is 0.241 e. The highest BCUT2D eigenvalue weighted by molar-refractivity contribution is 5.84. The number of amides is 1. The molecular formula is C17H32N2O2. The minimum Gasteiger partial charge on any atom is -0.376 e. The molecule has 0 spiro atoms. The fraction of sp³-hybridized carbons (Fsp3) is 0.941. The van der Waals surface area contributed by atoms with Gasteiger partial charge in [-0.1, -0.05) is 34.1 Å². The Morgan fingerprint density at radius 1 is 1.38 bits per heavy atom. The summed E-state index contributed by atoms with van der Waals surface area (Å²) in [6.45, 7) is 9.51. The van der Waals surface area contributed by atoms with Crippen LogP contribution in [0, 0.1) is 11.8 Å². The molecular weight excluding hydrogens is 264 g/mol. The number of rotatable bonds is 7. The normalized spacial score (nSPS) is 29.8. The molecule has 2 fully saturated rings. The lowest BCUT2D eigenvalue weighted by Gasteiger charge is -2.44. The van der Waals surface area contributed by atoms with Gasteiger partial charge in [-0.15, -0.1) is 0 Å². The molecule has 4 heteroatoms. The summed E-state index contributed by atoms with van der Waals surface area (Å²) in [5.74, 6) is 1.24. The minimum absolute atomic E-state index is 0.0206. The van der Waals surface area contributed by atoms with Gasteiger partial charge in [-0.3, -0.25) is 10.1 Å². The Morgan fingerprint density at radius 3 is 2.48 bits per heavy atom. The van der Waals surface area contributed by atoms with Crippen molar-refractivity contribution in [2.45, 2.75) is 77.6 Å². The minimum atomic E-state index is -0.0864. The molecule has 1 N–H and O–H groups in total. The van der Waals surface area contributed by atoms with Crippen molar-refractivity contribution in [2.24, 2.45) is 11.8 Å². The highest BCUT2D eigenvalue weighted by Gasteiger charge is 2.47. The largest absolute Gasteiger partial charge is 0.376 e. The van der Waals surface area contributed by atoms with Crippen LogP contribution in [0.15, 0.2) is 0 Å². The van der Waals surface area contributed by atoms with Crippen LogP contribution in [-0.4, -0.2) is 42.3 Å². The number of carbonyl (C=O) groups is 1. The summed E-state index contributed by atoms with van der Waals surface area (Å²) in [7, 11) is 1.79. The van der Waals surface area contributed by atoms with Gasteiger partial charge < -0.3 is 9.64 Å². The number of nitrogens with one attached hydrogen (secondary N) is 1. The van der Waals surface area contributed by atoms with E-state index in [2.05, 4.69) is 37.9 Å². The molecule has 1 heterocycles. The SMILES string of the molecule is CCC(C)C1NC(CC(C)C)N(CC2(OC)CCC2)C1=O. The van der Waals surface area contributed by atoms with Gasteiger partial charge in [-0.2, -0.15) is 0 Å². The van der Waals surface area contributed by atoms with Gasteiger partial charge in [0.2, 0.25) is 5.91 Å². The van der Waals surface area contributed by atoms with E-state index in [0.717, 1.165) is 32.2 Å². The van der Waals surface area contributed by atoms with E-state index in [4.69, 9.17) is 4.74 Å². The summed E-state index contributed by atoms with van der Waals surface area (Å²) in [4.78, 5) is 14.9. The first-order valence-electron chi connectivity index (χ1n) is 8.54. The molecule has 2 aliphatic rings. The van der Waals surface area contributed by atoms with Gasteiger partial charge in [-0.05, 0) is 37.5 Å². The van der Waals surface area contributed by atoms with Crippen LogP contribution in [0.1, 0.15) is 59.8 Å². The van der Waals surface area contributed by atoms with Crippen LogP contribution in [-0.2, 0) is 9.53 Å². The highest BCUT2D eigenvalue weighted by atomic mass is 16.5. The molecule has 0 bridgehead atoms. The summed E-state index contributed by atoms with van der Waals surface area (Å²) in [6.07, 6.45) is 5.58. The average molecular weight is 296 g/mol. The molecule has 21 heavy (non-hydrogen) atoms. The van der Waals surface area contributed by atoms with E-state index in [1.165, 1.54) is 6.42 Å². The van der Waals surface area contributed by atoms with E-state index in [9.17, 15) is 4.79 Å². The standard InChI is InChI=1S/C17H32N2O2/c1-6-13(4)15-16(20)19(14(18-15)10-12(2)3)11-17(21-5)8-7-9-17/h12-15,18H,6-11H2,1-5H3. The second-order valence-electron chi connectivity index (χ2n) is 7.38. The van der Waals surface area contributed by atoms with Crippen LogP contribution >= 0.6 is 0 Å². The number of carbonyl (C=O) groups excluding carboxylic acids is 1. The molecule has 0 radical (unpaired) electrons. The number of ether oxygens (including phenoxy) is 1. The highest BCUT2D eigenvalue weighted by Crippen LogP contribution is 2.37. The Hall–Kier alpha value is -0.610. The van der Waals surface area contributed by atoms with E-state index in [0.29, 0.717) is 11.8 Å². The van der Waals surface area contributed by atoms with Crippen molar-refractivity contribution in [1.82, 2.24) is 10.2 Å². The number of nitrogens with zero attached hydrogens (tertiary/aromatic N) is 1. The predicted octanol–water partition coefficient (Wildman–Crippen LogP) is 2.77. The zero-order valence-corrected chi connectivity index (χ0v) is 14.3. The molecule has 4 nitrogen and oxygen atoms in total. The summed E-state index contributed by atoms with van der Waals surface area (Å²) in [5, 5.41) is 3.59. The van der Waals surface area contributed by atoms with Gasteiger partial charge in [-0.25, -0.2) is 0 Å². The third-order valence-electron chi connectivity index (χ3n) is 5.36. The monoisotopic (exact) mass is 296 g/mol. The van der Waals surface area contributed by atoms with E-state index in [-0.39, 0.29) is 23.7 Å². The maximum absolute atomic E-state index is 12.8. The summed E-state index contributed by atoms with van der Waals surface area (Å²) in [5.41, 5.74) is -0.0864. The second-order valence-corrected chi connectivity index (χ2v) is 7.38. The van der Waals surface area contributed by atoms with E-state index in [1.54, 1.807) is 7.11 Å². The first kappa shape index (κ1) is 16.8. The first-order valence-corrected chi connectivity index (χ1v) is 8.54. The molecule has 1 saturated carbocycles. The molecule has 0 aromatic heterocycles. The van der Waals surface area contributed by atoms with Gasteiger partial charge in [0.05, 0.1) is 24.4 Å². The second kappa shape index (κ2) is 6.66. The van der Waals surface area contributed by atoms with E-state index < -0.39 is 0 Å². The van der Waals surface area contributed by atoms with Crippen molar-refractivity contribution in [2.75, 3.05) is 13.7 Å². The van der Waals surface area contributed by atoms with Gasteiger partial charge >= 0.3 is 0 Å². The van der Waals surface area contributed by atoms with E-state index in [1.807, 2.05) is 0 Å². The zero-order chi connectivity index (χ0) is 15.6. The van der Waals surface area contributed by atoms with Crippen LogP contribution in [0.4, 0.5) is 0 Å². The summed E-state index contributed by atoms with van der Waals surface area (Å²) >= 11 is 0. The van der Waals surface area contributed by atoms with Crippen LogP contribution in [0.25, 0.3) is 0 Å². The van der Waals surface area contributed by atoms with Crippen molar-refractivity contribution in [3.63, 3.8) is 0 Å². The van der Waals surface area contributed by atoms with Crippen molar-refractivity contribution in [3.8, 4) is 0 Å². The predicted molar refractivity (Wildman–Crippen MR) is 84.9 cm³/mol. The van der Waals surface area contributed by atoms with Crippen molar-refractivity contribution < 1.29 is 9.53 Å². The maximum Gasteiger partial charge on any atom is 0.241 e. The molecule has 0 aromatic rings. The van der Waals surface area contributed by atoms with Gasteiger partial charge in [0.1, 0.15) is 0 Å². The Bertz CT molecular complexity index is 360. The van der Waals surface area contributed by atoms with Crippen LogP contribution in [0.2, 0.25) is 0 Å². The third kappa shape index (κ3) is 3.42. The van der Waals surface area contributed by atoms with Crippen LogP contribution in [0.3, 0.4) is 0 Å². The van der Waals surface area contributed by atoms with Gasteiger partial charge in [0.25, 0.3) is 0 Å². The average Bonchev–Trinajstić information content (AvgIpc) is 2.69. The summed E-state index contributed by atoms with van der Waals surface area (Å²) < 4.78 is 5.74. The number of hydrogen-bond donors (Lipinski definition) is 1. The number of hydrogen-bond acceptors (Lipinski definition) is 3. The number of methoxy groups -OCH3 is 1. The Morgan fingerprint density at radius 2 is 2.05 bits per heavy atom. The molecule has 3 unspecified atom stereocenters. The molecule has 122 valence electrons. The lowest BCUT2D eigenvalue weighted by atomic mass is 9.79. The van der Waals surface area contributed by atoms with Crippen LogP contribution < -0.4 is 5.32 Å². The van der Waals surface area contributed by atoms with E-state index >= 15 is 0 Å². The fourth-order valence-corrected chi connectivity index (χ4v) is 3.48. The topological polar surface area (TPSA) is 41.6 Å². The molecule has 1 amide bonds. The zero-order valence-electron chi connectivity index (χ0n) is 14.3. The maximum atomic E-state index is 12.8. The van der Waals surface area contributed by atoms with Crippen LogP contribution in [0.5, 0.6) is 0 Å². The van der Waals surface area contributed by atoms with Gasteiger partial charge in [0, 0.05) is 7.11 Å². The quantitative estimate of drug-likeness (QED) is 0.785. The van der Waals surface area contributed by atoms with Crippen molar-refractivity contribution in [3.05, 3.63) is 0 Å². The van der Waals surface area contributed by atoms with Crippen molar-refractivity contribution in [1.29, 1.82) is 0 Å². The third-order valence-corrected chi connectivity index (χ3v) is 5.36. The molecule has 1 aliphatic heterocycles. The molecule has 3 atom stereocenters. The van der Waals surface area contributed by atoms with Gasteiger partial charge in [0.15, 0.2) is 0 Å². The Balaban J connectivity index is 2.11. The first-order chi connectivity index (χ1) is 9.92. The molecule has 2 rings (SSSR count). The molecule has 0 aromatic carbocycles. The Labute approximate surface area is 129 Å². The summed E-state index contributed by atoms with van der Waals surface area (Å²) in [6, 6.07) is -0.0206. The van der Waals surface area contributed by atoms with Crippen molar-refractivity contribution >= 4 is 5.91 Å². The lowest BCUT2D eigenvalue weighted by Crippen LogP contribution is -2.53. The molecule has 1 aliphatic carbocycles. The molecule has 1 saturated heterocycles. The fourth-order valence-electron chi connectivity index (χ4n) is 3.48. The lowest BCUT2D eigenvalue weighted by molar-refractivity contribution is -0.141. The Kier molecular flexibility index (Phi) is 5.31.